The summed E-state index contributed by atoms with van der Waals surface area (Å²) in [5.74, 6) is 0.717. The molecule has 2 heterocycles. The maximum atomic E-state index is 12.6. The summed E-state index contributed by atoms with van der Waals surface area (Å²) < 4.78 is 11.7. The van der Waals surface area contributed by atoms with Crippen LogP contribution in [0.2, 0.25) is 0 Å². The van der Waals surface area contributed by atoms with Gasteiger partial charge in [-0.15, -0.1) is 0 Å². The molecule has 1 atom stereocenters. The lowest BCUT2D eigenvalue weighted by molar-refractivity contribution is -0.0334. The van der Waals surface area contributed by atoms with Gasteiger partial charge in [0.1, 0.15) is 17.0 Å². The highest BCUT2D eigenvalue weighted by Crippen LogP contribution is 2.39. The molecule has 0 aliphatic carbocycles. The maximum Gasteiger partial charge on any atom is 0.410 e. The van der Waals surface area contributed by atoms with E-state index in [1.807, 2.05) is 45.9 Å². The number of nitrogens with zero attached hydrogens (tertiary/aromatic N) is 1. The molecule has 0 N–H and O–H groups in total. The summed E-state index contributed by atoms with van der Waals surface area (Å²) in [4.78, 5) is 26.6. The quantitative estimate of drug-likeness (QED) is 0.727. The zero-order valence-corrected chi connectivity index (χ0v) is 14.8. The summed E-state index contributed by atoms with van der Waals surface area (Å²) >= 11 is 0. The number of hydrogen-bond donors (Lipinski definition) is 0. The van der Waals surface area contributed by atoms with Crippen molar-refractivity contribution in [1.82, 2.24) is 4.90 Å². The Kier molecular flexibility index (Phi) is 4.06. The van der Waals surface area contributed by atoms with E-state index in [-0.39, 0.29) is 11.9 Å². The minimum atomic E-state index is -0.630. The lowest BCUT2D eigenvalue weighted by Gasteiger charge is -2.44. The fourth-order valence-corrected chi connectivity index (χ4v) is 3.42. The summed E-state index contributed by atoms with van der Waals surface area (Å²) in [6.07, 6.45) is 1.54. The smallest absolute Gasteiger partial charge is 0.410 e. The van der Waals surface area contributed by atoms with Crippen molar-refractivity contribution in [1.29, 1.82) is 0 Å². The summed E-state index contributed by atoms with van der Waals surface area (Å²) in [5.41, 5.74) is 0.527. The number of benzene rings is 1. The summed E-state index contributed by atoms with van der Waals surface area (Å²) in [5, 5.41) is 0. The number of ether oxygens (including phenoxy) is 2. The molecule has 0 bridgehead atoms. The number of amides is 1. The van der Waals surface area contributed by atoms with E-state index in [2.05, 4.69) is 0 Å². The fraction of sp³-hybridized carbons (Fsp3) is 0.579. The van der Waals surface area contributed by atoms with Gasteiger partial charge in [-0.3, -0.25) is 4.79 Å². The number of fused-ring (bicyclic) bond motifs is 1. The normalized spacial score (nSPS) is 23.7. The van der Waals surface area contributed by atoms with Crippen LogP contribution in [-0.4, -0.2) is 41.1 Å². The summed E-state index contributed by atoms with van der Waals surface area (Å²) in [6, 6.07) is 5.68. The van der Waals surface area contributed by atoms with Gasteiger partial charge in [0.25, 0.3) is 0 Å². The number of ketones is 1. The van der Waals surface area contributed by atoms with Crippen LogP contribution < -0.4 is 4.74 Å². The van der Waals surface area contributed by atoms with Crippen LogP contribution in [-0.2, 0) is 4.74 Å². The average molecular weight is 331 g/mol. The molecule has 1 spiro atoms. The standard InChI is InChI=1S/C19H25NO4/c1-13-6-7-16-14(10-13)15(21)11-19(23-16)8-5-9-20(12-19)17(22)24-18(2,3)4/h6-7,10H,5,8-9,11-12H2,1-4H3. The van der Waals surface area contributed by atoms with Crippen molar-refractivity contribution in [3.8, 4) is 5.75 Å². The van der Waals surface area contributed by atoms with Gasteiger partial charge in [0.15, 0.2) is 5.78 Å². The molecular formula is C19H25NO4. The van der Waals surface area contributed by atoms with Gasteiger partial charge in [-0.2, -0.15) is 0 Å². The van der Waals surface area contributed by atoms with Crippen LogP contribution in [0, 0.1) is 6.92 Å². The SMILES string of the molecule is Cc1ccc2c(c1)C(=O)CC1(CCCN(C(=O)OC(C)(C)C)C1)O2. The lowest BCUT2D eigenvalue weighted by Crippen LogP contribution is -2.56. The molecular weight excluding hydrogens is 306 g/mol. The third-order valence-corrected chi connectivity index (χ3v) is 4.44. The molecule has 24 heavy (non-hydrogen) atoms. The van der Waals surface area contributed by atoms with E-state index >= 15 is 0 Å². The van der Waals surface area contributed by atoms with E-state index in [1.165, 1.54) is 0 Å². The van der Waals surface area contributed by atoms with Gasteiger partial charge >= 0.3 is 6.09 Å². The highest BCUT2D eigenvalue weighted by molar-refractivity contribution is 6.00. The molecule has 5 nitrogen and oxygen atoms in total. The Morgan fingerprint density at radius 1 is 1.33 bits per heavy atom. The Balaban J connectivity index is 1.80. The van der Waals surface area contributed by atoms with E-state index in [1.54, 1.807) is 4.90 Å². The maximum absolute atomic E-state index is 12.6. The van der Waals surface area contributed by atoms with Gasteiger partial charge in [0.05, 0.1) is 18.5 Å². The number of piperidine rings is 1. The lowest BCUT2D eigenvalue weighted by atomic mass is 9.83. The van der Waals surface area contributed by atoms with Crippen molar-refractivity contribution in [3.05, 3.63) is 29.3 Å². The number of carbonyl (C=O) groups excluding carboxylic acids is 2. The van der Waals surface area contributed by atoms with Crippen LogP contribution >= 0.6 is 0 Å². The van der Waals surface area contributed by atoms with Gasteiger partial charge in [0, 0.05) is 6.54 Å². The van der Waals surface area contributed by atoms with E-state index in [9.17, 15) is 9.59 Å². The molecule has 2 aliphatic heterocycles. The Morgan fingerprint density at radius 3 is 2.79 bits per heavy atom. The Morgan fingerprint density at radius 2 is 2.08 bits per heavy atom. The first-order chi connectivity index (χ1) is 11.2. The van der Waals surface area contributed by atoms with Gasteiger partial charge < -0.3 is 14.4 Å². The minimum absolute atomic E-state index is 0.0889. The molecule has 5 heteroatoms. The number of aryl methyl sites for hydroxylation is 1. The van der Waals surface area contributed by atoms with Crippen LogP contribution in [0.5, 0.6) is 5.75 Å². The number of hydrogen-bond acceptors (Lipinski definition) is 4. The number of likely N-dealkylation sites (tertiary alicyclic amines) is 1. The molecule has 3 rings (SSSR count). The van der Waals surface area contributed by atoms with Crippen LogP contribution in [0.15, 0.2) is 18.2 Å². The largest absolute Gasteiger partial charge is 0.484 e. The third kappa shape index (κ3) is 3.40. The Labute approximate surface area is 142 Å². The number of carbonyl (C=O) groups is 2. The molecule has 1 aromatic rings. The highest BCUT2D eigenvalue weighted by atomic mass is 16.6. The van der Waals surface area contributed by atoms with Crippen LogP contribution in [0.3, 0.4) is 0 Å². The molecule has 1 fully saturated rings. The predicted molar refractivity (Wildman–Crippen MR) is 90.5 cm³/mol. The molecule has 0 radical (unpaired) electrons. The highest BCUT2D eigenvalue weighted by Gasteiger charge is 2.45. The number of rotatable bonds is 0. The van der Waals surface area contributed by atoms with Gasteiger partial charge in [-0.1, -0.05) is 11.6 Å². The molecule has 2 aliphatic rings. The van der Waals surface area contributed by atoms with Crippen molar-refractivity contribution in [3.63, 3.8) is 0 Å². The predicted octanol–water partition coefficient (Wildman–Crippen LogP) is 3.73. The topological polar surface area (TPSA) is 55.8 Å². The second-order valence-corrected chi connectivity index (χ2v) is 7.89. The van der Waals surface area contributed by atoms with E-state index in [4.69, 9.17) is 9.47 Å². The first kappa shape index (κ1) is 16.8. The molecule has 0 saturated carbocycles. The minimum Gasteiger partial charge on any atom is -0.484 e. The van der Waals surface area contributed by atoms with E-state index in [0.29, 0.717) is 30.8 Å². The van der Waals surface area contributed by atoms with Crippen molar-refractivity contribution < 1.29 is 19.1 Å². The van der Waals surface area contributed by atoms with E-state index in [0.717, 1.165) is 18.4 Å². The Hall–Kier alpha value is -2.04. The second-order valence-electron chi connectivity index (χ2n) is 7.89. The summed E-state index contributed by atoms with van der Waals surface area (Å²) in [7, 11) is 0. The first-order valence-electron chi connectivity index (χ1n) is 8.48. The zero-order valence-electron chi connectivity index (χ0n) is 14.8. The number of Topliss-reactive ketones (excluding diaryl/α,β-unsaturated/α-hetero) is 1. The molecule has 1 unspecified atom stereocenters. The molecule has 130 valence electrons. The van der Waals surface area contributed by atoms with Crippen LogP contribution in [0.25, 0.3) is 0 Å². The monoisotopic (exact) mass is 331 g/mol. The fourth-order valence-electron chi connectivity index (χ4n) is 3.42. The molecule has 1 aromatic carbocycles. The van der Waals surface area contributed by atoms with E-state index < -0.39 is 11.2 Å². The molecule has 1 amide bonds. The zero-order chi connectivity index (χ0) is 17.5. The summed E-state index contributed by atoms with van der Waals surface area (Å²) in [6.45, 7) is 8.54. The first-order valence-corrected chi connectivity index (χ1v) is 8.48. The molecule has 0 aromatic heterocycles. The van der Waals surface area contributed by atoms with Gasteiger partial charge in [-0.25, -0.2) is 4.79 Å². The average Bonchev–Trinajstić information content (AvgIpc) is 2.46. The Bertz CT molecular complexity index is 676. The van der Waals surface area contributed by atoms with Crippen molar-refractivity contribution >= 4 is 11.9 Å². The van der Waals surface area contributed by atoms with Crippen molar-refractivity contribution in [2.24, 2.45) is 0 Å². The van der Waals surface area contributed by atoms with Crippen LogP contribution in [0.4, 0.5) is 4.79 Å². The van der Waals surface area contributed by atoms with Gasteiger partial charge in [-0.05, 0) is 52.7 Å². The van der Waals surface area contributed by atoms with Crippen molar-refractivity contribution in [2.75, 3.05) is 13.1 Å². The second kappa shape index (κ2) is 5.80. The third-order valence-electron chi connectivity index (χ3n) is 4.44. The van der Waals surface area contributed by atoms with Gasteiger partial charge in [0.2, 0.25) is 0 Å². The van der Waals surface area contributed by atoms with Crippen LogP contribution in [0.1, 0.15) is 56.0 Å². The van der Waals surface area contributed by atoms with Crippen molar-refractivity contribution in [2.45, 2.75) is 58.2 Å². The molecule has 1 saturated heterocycles.